The Morgan fingerprint density at radius 2 is 1.94 bits per heavy atom. The van der Waals surface area contributed by atoms with E-state index in [9.17, 15) is 0 Å². The minimum atomic E-state index is -0.0371. The van der Waals surface area contributed by atoms with Gasteiger partial charge in [0.05, 0.1) is 6.26 Å². The van der Waals surface area contributed by atoms with E-state index < -0.39 is 0 Å². The maximum Gasteiger partial charge on any atom is 0.197 e. The maximum atomic E-state index is 6.06. The molecule has 17 heavy (non-hydrogen) atoms. The molecule has 1 atom stereocenters. The van der Waals surface area contributed by atoms with Crippen LogP contribution in [0, 0.1) is 0 Å². The van der Waals surface area contributed by atoms with Gasteiger partial charge in [-0.2, -0.15) is 0 Å². The van der Waals surface area contributed by atoms with Gasteiger partial charge in [-0.15, -0.1) is 0 Å². The molecule has 0 bridgehead atoms. The third kappa shape index (κ3) is 3.35. The molecular formula is C14H16ClNO. The molecule has 0 saturated heterocycles. The van der Waals surface area contributed by atoms with Gasteiger partial charge >= 0.3 is 0 Å². The molecule has 0 aliphatic carbocycles. The Balaban J connectivity index is 1.81. The first-order valence-corrected chi connectivity index (χ1v) is 6.17. The summed E-state index contributed by atoms with van der Waals surface area (Å²) < 4.78 is 5.04. The van der Waals surface area contributed by atoms with Crippen molar-refractivity contribution in [3.63, 3.8) is 0 Å². The topological polar surface area (TPSA) is 39.2 Å². The summed E-state index contributed by atoms with van der Waals surface area (Å²) in [7, 11) is 0. The van der Waals surface area contributed by atoms with Crippen molar-refractivity contribution in [3.8, 4) is 0 Å². The average molecular weight is 250 g/mol. The summed E-state index contributed by atoms with van der Waals surface area (Å²) in [5.74, 6) is 0. The third-order valence-corrected chi connectivity index (χ3v) is 3.18. The summed E-state index contributed by atoms with van der Waals surface area (Å²) >= 11 is 5.88. The molecule has 2 aromatic rings. The molecule has 0 aliphatic heterocycles. The average Bonchev–Trinajstić information content (AvgIpc) is 2.77. The number of benzene rings is 1. The van der Waals surface area contributed by atoms with Gasteiger partial charge in [0.15, 0.2) is 5.22 Å². The molecular weight excluding hydrogens is 234 g/mol. The molecule has 0 aliphatic rings. The Morgan fingerprint density at radius 3 is 2.59 bits per heavy atom. The van der Waals surface area contributed by atoms with E-state index in [4.69, 9.17) is 21.8 Å². The van der Waals surface area contributed by atoms with Crippen molar-refractivity contribution < 1.29 is 4.42 Å². The SMILES string of the molecule is NC(CCCc1ccccc1)c1ccoc1Cl. The van der Waals surface area contributed by atoms with Crippen LogP contribution in [-0.2, 0) is 6.42 Å². The van der Waals surface area contributed by atoms with E-state index in [0.29, 0.717) is 5.22 Å². The number of rotatable bonds is 5. The smallest absolute Gasteiger partial charge is 0.197 e. The van der Waals surface area contributed by atoms with Gasteiger partial charge in [0.2, 0.25) is 0 Å². The van der Waals surface area contributed by atoms with Crippen LogP contribution in [0.5, 0.6) is 0 Å². The Morgan fingerprint density at radius 1 is 1.18 bits per heavy atom. The Kier molecular flexibility index (Phi) is 4.24. The van der Waals surface area contributed by atoms with Crippen LogP contribution in [0.25, 0.3) is 0 Å². The standard InChI is InChI=1S/C14H16ClNO/c15-14-12(9-10-17-14)13(16)8-4-7-11-5-2-1-3-6-11/h1-3,5-6,9-10,13H,4,7-8,16H2. The van der Waals surface area contributed by atoms with Gasteiger partial charge in [-0.3, -0.25) is 0 Å². The van der Waals surface area contributed by atoms with Crippen LogP contribution in [-0.4, -0.2) is 0 Å². The molecule has 1 aromatic carbocycles. The molecule has 3 heteroatoms. The number of hydrogen-bond donors (Lipinski definition) is 1. The second-order valence-electron chi connectivity index (χ2n) is 4.13. The van der Waals surface area contributed by atoms with Crippen LogP contribution in [0.15, 0.2) is 47.1 Å². The maximum absolute atomic E-state index is 6.06. The molecule has 0 amide bonds. The molecule has 2 nitrogen and oxygen atoms in total. The molecule has 1 heterocycles. The highest BCUT2D eigenvalue weighted by atomic mass is 35.5. The molecule has 1 unspecified atom stereocenters. The number of halogens is 1. The van der Waals surface area contributed by atoms with Crippen molar-refractivity contribution in [2.75, 3.05) is 0 Å². The normalized spacial score (nSPS) is 12.6. The van der Waals surface area contributed by atoms with Crippen molar-refractivity contribution in [1.29, 1.82) is 0 Å². The van der Waals surface area contributed by atoms with E-state index in [0.717, 1.165) is 24.8 Å². The van der Waals surface area contributed by atoms with Gasteiger partial charge in [-0.25, -0.2) is 0 Å². The Labute approximate surface area is 106 Å². The Hall–Kier alpha value is -1.25. The summed E-state index contributed by atoms with van der Waals surface area (Å²) in [4.78, 5) is 0. The molecule has 0 saturated carbocycles. The third-order valence-electron chi connectivity index (χ3n) is 2.87. The first-order chi connectivity index (χ1) is 8.27. The lowest BCUT2D eigenvalue weighted by Gasteiger charge is -2.09. The van der Waals surface area contributed by atoms with E-state index in [1.807, 2.05) is 12.1 Å². The van der Waals surface area contributed by atoms with E-state index in [1.165, 1.54) is 5.56 Å². The van der Waals surface area contributed by atoms with Gasteiger partial charge in [0.1, 0.15) is 0 Å². The highest BCUT2D eigenvalue weighted by Gasteiger charge is 2.12. The highest BCUT2D eigenvalue weighted by Crippen LogP contribution is 2.25. The minimum Gasteiger partial charge on any atom is -0.453 e. The zero-order chi connectivity index (χ0) is 12.1. The van der Waals surface area contributed by atoms with Gasteiger partial charge in [-0.05, 0) is 42.5 Å². The van der Waals surface area contributed by atoms with Crippen molar-refractivity contribution in [3.05, 3.63) is 59.0 Å². The quantitative estimate of drug-likeness (QED) is 0.871. The van der Waals surface area contributed by atoms with Crippen molar-refractivity contribution in [2.24, 2.45) is 5.73 Å². The summed E-state index contributed by atoms with van der Waals surface area (Å²) in [5.41, 5.74) is 8.31. The minimum absolute atomic E-state index is 0.0371. The van der Waals surface area contributed by atoms with Crippen LogP contribution in [0.2, 0.25) is 5.22 Å². The first-order valence-electron chi connectivity index (χ1n) is 5.80. The van der Waals surface area contributed by atoms with Gasteiger partial charge in [0, 0.05) is 11.6 Å². The lowest BCUT2D eigenvalue weighted by atomic mass is 10.0. The Bertz CT molecular complexity index is 452. The van der Waals surface area contributed by atoms with Crippen LogP contribution in [0.4, 0.5) is 0 Å². The van der Waals surface area contributed by atoms with Crippen LogP contribution in [0.3, 0.4) is 0 Å². The molecule has 90 valence electrons. The predicted molar refractivity (Wildman–Crippen MR) is 70.0 cm³/mol. The molecule has 0 spiro atoms. The monoisotopic (exact) mass is 249 g/mol. The molecule has 2 N–H and O–H groups in total. The summed E-state index contributed by atoms with van der Waals surface area (Å²) in [6.45, 7) is 0. The summed E-state index contributed by atoms with van der Waals surface area (Å²) in [5, 5.41) is 0.414. The van der Waals surface area contributed by atoms with Crippen molar-refractivity contribution in [2.45, 2.75) is 25.3 Å². The van der Waals surface area contributed by atoms with E-state index in [2.05, 4.69) is 24.3 Å². The highest BCUT2D eigenvalue weighted by molar-refractivity contribution is 6.29. The van der Waals surface area contributed by atoms with Gasteiger partial charge in [-0.1, -0.05) is 30.3 Å². The van der Waals surface area contributed by atoms with Crippen molar-refractivity contribution >= 4 is 11.6 Å². The fourth-order valence-electron chi connectivity index (χ4n) is 1.90. The summed E-state index contributed by atoms with van der Waals surface area (Å²) in [6, 6.07) is 12.2. The van der Waals surface area contributed by atoms with Gasteiger partial charge < -0.3 is 10.2 Å². The molecule has 0 radical (unpaired) electrons. The largest absolute Gasteiger partial charge is 0.453 e. The van der Waals surface area contributed by atoms with Crippen molar-refractivity contribution in [1.82, 2.24) is 0 Å². The predicted octanol–water partition coefficient (Wildman–Crippen LogP) is 3.96. The lowest BCUT2D eigenvalue weighted by molar-refractivity contribution is 0.552. The number of furan rings is 1. The number of hydrogen-bond acceptors (Lipinski definition) is 2. The number of nitrogens with two attached hydrogens (primary N) is 1. The van der Waals surface area contributed by atoms with Gasteiger partial charge in [0.25, 0.3) is 0 Å². The second kappa shape index (κ2) is 5.89. The lowest BCUT2D eigenvalue weighted by Crippen LogP contribution is -2.10. The van der Waals surface area contributed by atoms with E-state index >= 15 is 0 Å². The molecule has 0 fully saturated rings. The fourth-order valence-corrected chi connectivity index (χ4v) is 2.15. The second-order valence-corrected chi connectivity index (χ2v) is 4.48. The fraction of sp³-hybridized carbons (Fsp3) is 0.286. The van der Waals surface area contributed by atoms with Crippen LogP contribution in [0.1, 0.15) is 30.0 Å². The number of aryl methyl sites for hydroxylation is 1. The zero-order valence-corrected chi connectivity index (χ0v) is 10.4. The van der Waals surface area contributed by atoms with E-state index in [1.54, 1.807) is 6.26 Å². The van der Waals surface area contributed by atoms with Crippen LogP contribution < -0.4 is 5.73 Å². The van der Waals surface area contributed by atoms with E-state index in [-0.39, 0.29) is 6.04 Å². The molecule has 1 aromatic heterocycles. The zero-order valence-electron chi connectivity index (χ0n) is 9.60. The van der Waals surface area contributed by atoms with Crippen LogP contribution >= 0.6 is 11.6 Å². The molecule has 2 rings (SSSR count). The first kappa shape index (κ1) is 12.2. The summed E-state index contributed by atoms with van der Waals surface area (Å²) in [6.07, 6.45) is 4.58.